The van der Waals surface area contributed by atoms with Crippen LogP contribution < -0.4 is 14.2 Å². The Morgan fingerprint density at radius 3 is 2.50 bits per heavy atom. The van der Waals surface area contributed by atoms with Crippen molar-refractivity contribution in [1.29, 1.82) is 0 Å². The summed E-state index contributed by atoms with van der Waals surface area (Å²) in [4.78, 5) is 2.47. The van der Waals surface area contributed by atoms with Crippen molar-refractivity contribution in [2.45, 2.75) is 38.5 Å². The lowest BCUT2D eigenvalue weighted by Crippen LogP contribution is -2.34. The van der Waals surface area contributed by atoms with E-state index in [9.17, 15) is 5.11 Å². The number of phenolic OH excluding ortho intramolecular Hbond substituents is 1. The second-order valence-corrected chi connectivity index (χ2v) is 8.51. The van der Waals surface area contributed by atoms with Crippen LogP contribution in [-0.4, -0.2) is 30.8 Å². The fourth-order valence-corrected chi connectivity index (χ4v) is 5.02. The summed E-state index contributed by atoms with van der Waals surface area (Å²) in [6.07, 6.45) is 2.86. The zero-order chi connectivity index (χ0) is 22.1. The summed E-state index contributed by atoms with van der Waals surface area (Å²) in [5, 5.41) is 10.7. The molecule has 0 saturated carbocycles. The molecule has 1 N–H and O–H groups in total. The predicted octanol–water partition coefficient (Wildman–Crippen LogP) is 5.03. The first-order valence-corrected chi connectivity index (χ1v) is 11.2. The lowest BCUT2D eigenvalue weighted by atomic mass is 9.89. The molecule has 0 saturated heterocycles. The number of aryl methyl sites for hydroxylation is 1. The predicted molar refractivity (Wildman–Crippen MR) is 124 cm³/mol. The zero-order valence-corrected chi connectivity index (χ0v) is 18.6. The molecule has 3 aromatic carbocycles. The van der Waals surface area contributed by atoms with Gasteiger partial charge in [0.15, 0.2) is 23.0 Å². The Labute approximate surface area is 189 Å². The number of rotatable bonds is 5. The summed E-state index contributed by atoms with van der Waals surface area (Å²) < 4.78 is 17.2. The number of fused-ring (bicyclic) bond motifs is 4. The number of ether oxygens (including phenoxy) is 3. The van der Waals surface area contributed by atoms with Gasteiger partial charge < -0.3 is 19.3 Å². The van der Waals surface area contributed by atoms with E-state index in [1.165, 1.54) is 16.7 Å². The Kier molecular flexibility index (Phi) is 5.66. The number of methoxy groups -OCH3 is 2. The van der Waals surface area contributed by atoms with Crippen LogP contribution in [0.25, 0.3) is 0 Å². The van der Waals surface area contributed by atoms with Gasteiger partial charge in [0.25, 0.3) is 0 Å². The minimum Gasteiger partial charge on any atom is -0.504 e. The van der Waals surface area contributed by atoms with E-state index in [1.807, 2.05) is 24.3 Å². The van der Waals surface area contributed by atoms with Crippen LogP contribution >= 0.6 is 0 Å². The maximum atomic E-state index is 10.7. The van der Waals surface area contributed by atoms with Crippen LogP contribution in [0.1, 0.15) is 40.3 Å². The molecule has 32 heavy (non-hydrogen) atoms. The number of phenols is 1. The fraction of sp³-hybridized carbons (Fsp3) is 0.333. The molecule has 2 heterocycles. The third kappa shape index (κ3) is 3.78. The SMILES string of the molecule is COc1cc2c(cc1OCc1ccccc1)CCN1Cc3c(ccc(OC)c3O)CC[C@H]21. The molecule has 2 aliphatic rings. The highest BCUT2D eigenvalue weighted by Gasteiger charge is 2.32. The molecule has 2 aliphatic heterocycles. The average molecular weight is 432 g/mol. The maximum Gasteiger partial charge on any atom is 0.162 e. The smallest absolute Gasteiger partial charge is 0.162 e. The molecule has 0 amide bonds. The van der Waals surface area contributed by atoms with Gasteiger partial charge in [-0.1, -0.05) is 36.4 Å². The molecule has 3 aromatic rings. The molecule has 0 bridgehead atoms. The molecule has 0 aliphatic carbocycles. The zero-order valence-electron chi connectivity index (χ0n) is 18.6. The molecule has 0 aromatic heterocycles. The highest BCUT2D eigenvalue weighted by Crippen LogP contribution is 2.44. The normalized spacial score (nSPS) is 17.5. The third-order valence-electron chi connectivity index (χ3n) is 6.74. The second-order valence-electron chi connectivity index (χ2n) is 8.51. The number of hydrogen-bond acceptors (Lipinski definition) is 5. The summed E-state index contributed by atoms with van der Waals surface area (Å²) >= 11 is 0. The van der Waals surface area contributed by atoms with Crippen molar-refractivity contribution in [3.8, 4) is 23.0 Å². The molecule has 0 spiro atoms. The van der Waals surface area contributed by atoms with Gasteiger partial charge in [-0.15, -0.1) is 0 Å². The number of benzene rings is 3. The van der Waals surface area contributed by atoms with E-state index in [2.05, 4.69) is 35.2 Å². The van der Waals surface area contributed by atoms with Gasteiger partial charge in [-0.05, 0) is 59.7 Å². The molecule has 0 radical (unpaired) electrons. The van der Waals surface area contributed by atoms with Gasteiger partial charge in [0.05, 0.1) is 14.2 Å². The van der Waals surface area contributed by atoms with Crippen LogP contribution in [0.15, 0.2) is 54.6 Å². The molecule has 5 heteroatoms. The Morgan fingerprint density at radius 2 is 1.72 bits per heavy atom. The van der Waals surface area contributed by atoms with Crippen LogP contribution in [0.3, 0.4) is 0 Å². The van der Waals surface area contributed by atoms with Gasteiger partial charge in [-0.2, -0.15) is 0 Å². The van der Waals surface area contributed by atoms with Crippen molar-refractivity contribution >= 4 is 0 Å². The van der Waals surface area contributed by atoms with Crippen molar-refractivity contribution in [2.24, 2.45) is 0 Å². The van der Waals surface area contributed by atoms with Crippen molar-refractivity contribution < 1.29 is 19.3 Å². The second kappa shape index (κ2) is 8.75. The molecule has 166 valence electrons. The molecule has 5 nitrogen and oxygen atoms in total. The number of hydrogen-bond donors (Lipinski definition) is 1. The van der Waals surface area contributed by atoms with E-state index in [-0.39, 0.29) is 11.8 Å². The fourth-order valence-electron chi connectivity index (χ4n) is 5.02. The lowest BCUT2D eigenvalue weighted by Gasteiger charge is -2.36. The lowest BCUT2D eigenvalue weighted by molar-refractivity contribution is 0.171. The third-order valence-corrected chi connectivity index (χ3v) is 6.74. The highest BCUT2D eigenvalue weighted by atomic mass is 16.5. The summed E-state index contributed by atoms with van der Waals surface area (Å²) in [6.45, 7) is 2.18. The Hall–Kier alpha value is -3.18. The molecule has 0 unspecified atom stereocenters. The Bertz CT molecular complexity index is 1110. The van der Waals surface area contributed by atoms with Crippen molar-refractivity contribution in [3.05, 3.63) is 82.4 Å². The van der Waals surface area contributed by atoms with Crippen molar-refractivity contribution in [2.75, 3.05) is 20.8 Å². The van der Waals surface area contributed by atoms with E-state index in [1.54, 1.807) is 14.2 Å². The van der Waals surface area contributed by atoms with E-state index in [0.29, 0.717) is 12.4 Å². The molecule has 5 rings (SSSR count). The first kappa shape index (κ1) is 20.7. The van der Waals surface area contributed by atoms with Crippen LogP contribution in [0.4, 0.5) is 0 Å². The van der Waals surface area contributed by atoms with Crippen LogP contribution in [0, 0.1) is 0 Å². The van der Waals surface area contributed by atoms with Crippen molar-refractivity contribution in [1.82, 2.24) is 4.90 Å². The topological polar surface area (TPSA) is 51.2 Å². The van der Waals surface area contributed by atoms with Gasteiger partial charge in [0.1, 0.15) is 6.61 Å². The molecule has 0 fully saturated rings. The monoisotopic (exact) mass is 431 g/mol. The minimum atomic E-state index is 0.277. The van der Waals surface area contributed by atoms with Gasteiger partial charge in [-0.3, -0.25) is 4.90 Å². The minimum absolute atomic E-state index is 0.277. The van der Waals surface area contributed by atoms with Gasteiger partial charge in [-0.25, -0.2) is 0 Å². The van der Waals surface area contributed by atoms with E-state index < -0.39 is 0 Å². The number of nitrogens with zero attached hydrogens (tertiary/aromatic N) is 1. The molecular formula is C27H29NO4. The van der Waals surface area contributed by atoms with E-state index in [4.69, 9.17) is 14.2 Å². The van der Waals surface area contributed by atoms with Crippen LogP contribution in [0.5, 0.6) is 23.0 Å². The van der Waals surface area contributed by atoms with Crippen LogP contribution in [0.2, 0.25) is 0 Å². The van der Waals surface area contributed by atoms with Gasteiger partial charge >= 0.3 is 0 Å². The number of aromatic hydroxyl groups is 1. The molecular weight excluding hydrogens is 402 g/mol. The van der Waals surface area contributed by atoms with Gasteiger partial charge in [0.2, 0.25) is 0 Å². The quantitative estimate of drug-likeness (QED) is 0.614. The largest absolute Gasteiger partial charge is 0.504 e. The van der Waals surface area contributed by atoms with Crippen LogP contribution in [-0.2, 0) is 26.0 Å². The maximum absolute atomic E-state index is 10.7. The Morgan fingerprint density at radius 1 is 0.906 bits per heavy atom. The van der Waals surface area contributed by atoms with Crippen molar-refractivity contribution in [3.63, 3.8) is 0 Å². The summed E-state index contributed by atoms with van der Waals surface area (Å²) in [5.74, 6) is 2.39. The van der Waals surface area contributed by atoms with Gasteiger partial charge in [0, 0.05) is 24.7 Å². The van der Waals surface area contributed by atoms with E-state index in [0.717, 1.165) is 55.0 Å². The summed E-state index contributed by atoms with van der Waals surface area (Å²) in [5.41, 5.74) is 5.96. The van der Waals surface area contributed by atoms with E-state index >= 15 is 0 Å². The summed E-state index contributed by atoms with van der Waals surface area (Å²) in [7, 11) is 3.30. The first-order valence-electron chi connectivity index (χ1n) is 11.2. The highest BCUT2D eigenvalue weighted by molar-refractivity contribution is 5.52. The standard InChI is InChI=1S/C27H29NO4/c1-30-24-11-9-19-8-10-23-21-15-25(31-2)26(32-17-18-6-4-3-5-7-18)14-20(21)12-13-28(23)16-22(19)27(24)29/h3-7,9,11,14-15,23,29H,8,10,12-13,16-17H2,1-2H3/t23-/m1/s1. The Balaban J connectivity index is 1.43. The molecule has 1 atom stereocenters. The summed E-state index contributed by atoms with van der Waals surface area (Å²) in [6, 6.07) is 18.7. The average Bonchev–Trinajstić information content (AvgIpc) is 3.03. The first-order chi connectivity index (χ1) is 15.7.